The van der Waals surface area contributed by atoms with Crippen LogP contribution in [-0.2, 0) is 4.79 Å². The van der Waals surface area contributed by atoms with Crippen LogP contribution in [0, 0.1) is 11.3 Å². The van der Waals surface area contributed by atoms with Crippen molar-refractivity contribution >= 4 is 5.97 Å². The number of rotatable bonds is 4. The van der Waals surface area contributed by atoms with Gasteiger partial charge in [-0.3, -0.25) is 0 Å². The zero-order chi connectivity index (χ0) is 13.7. The average molecular weight is 253 g/mol. The van der Waals surface area contributed by atoms with Gasteiger partial charge in [0.1, 0.15) is 5.75 Å². The van der Waals surface area contributed by atoms with Gasteiger partial charge in [-0.2, -0.15) is 5.26 Å². The molecule has 4 nitrogen and oxygen atoms in total. The molecule has 0 spiro atoms. The monoisotopic (exact) mass is 253 g/mol. The SMILES string of the molecule is N#Cc1ccc(OCC(=O)O)c(-c2ccccc2)c1. The quantitative estimate of drug-likeness (QED) is 0.909. The molecule has 2 aromatic carbocycles. The number of carbonyl (C=O) groups is 1. The fourth-order valence-electron chi connectivity index (χ4n) is 1.71. The Morgan fingerprint density at radius 2 is 1.95 bits per heavy atom. The number of hydrogen-bond donors (Lipinski definition) is 1. The highest BCUT2D eigenvalue weighted by atomic mass is 16.5. The molecule has 0 aliphatic rings. The lowest BCUT2D eigenvalue weighted by atomic mass is 10.0. The summed E-state index contributed by atoms with van der Waals surface area (Å²) in [6.45, 7) is -0.411. The summed E-state index contributed by atoms with van der Waals surface area (Å²) in [6, 6.07) is 16.3. The number of hydrogen-bond acceptors (Lipinski definition) is 3. The van der Waals surface area contributed by atoms with Gasteiger partial charge in [0.25, 0.3) is 0 Å². The van der Waals surface area contributed by atoms with Gasteiger partial charge in [-0.1, -0.05) is 30.3 Å². The topological polar surface area (TPSA) is 70.3 Å². The van der Waals surface area contributed by atoms with Crippen LogP contribution in [0.1, 0.15) is 5.56 Å². The lowest BCUT2D eigenvalue weighted by molar-refractivity contribution is -0.139. The molecule has 0 unspecified atom stereocenters. The highest BCUT2D eigenvalue weighted by Gasteiger charge is 2.09. The molecular weight excluding hydrogens is 242 g/mol. The zero-order valence-corrected chi connectivity index (χ0v) is 10.0. The maximum absolute atomic E-state index is 10.6. The molecule has 0 aromatic heterocycles. The highest BCUT2D eigenvalue weighted by Crippen LogP contribution is 2.30. The smallest absolute Gasteiger partial charge is 0.341 e. The van der Waals surface area contributed by atoms with Crippen LogP contribution in [0.2, 0.25) is 0 Å². The number of nitrogens with zero attached hydrogens (tertiary/aromatic N) is 1. The molecule has 0 heterocycles. The first-order chi connectivity index (χ1) is 9.20. The second kappa shape index (κ2) is 5.69. The summed E-state index contributed by atoms with van der Waals surface area (Å²) in [5, 5.41) is 17.6. The summed E-state index contributed by atoms with van der Waals surface area (Å²) in [5.74, 6) is -0.587. The fourth-order valence-corrected chi connectivity index (χ4v) is 1.71. The fraction of sp³-hybridized carbons (Fsp3) is 0.0667. The Labute approximate surface area is 110 Å². The lowest BCUT2D eigenvalue weighted by Crippen LogP contribution is -2.10. The molecular formula is C15H11NO3. The summed E-state index contributed by atoms with van der Waals surface area (Å²) in [6.07, 6.45) is 0. The minimum atomic E-state index is -1.04. The molecule has 0 radical (unpaired) electrons. The van der Waals surface area contributed by atoms with E-state index >= 15 is 0 Å². The zero-order valence-electron chi connectivity index (χ0n) is 10.0. The largest absolute Gasteiger partial charge is 0.481 e. The van der Waals surface area contributed by atoms with Gasteiger partial charge >= 0.3 is 5.97 Å². The third-order valence-corrected chi connectivity index (χ3v) is 2.54. The number of carboxylic acid groups (broad SMARTS) is 1. The van der Waals surface area contributed by atoms with E-state index in [1.807, 2.05) is 30.3 Å². The minimum Gasteiger partial charge on any atom is -0.481 e. The number of aliphatic carboxylic acids is 1. The molecule has 94 valence electrons. The molecule has 4 heteroatoms. The Morgan fingerprint density at radius 1 is 1.21 bits per heavy atom. The second-order valence-corrected chi connectivity index (χ2v) is 3.87. The van der Waals surface area contributed by atoms with Crippen molar-refractivity contribution in [1.82, 2.24) is 0 Å². The van der Waals surface area contributed by atoms with E-state index in [0.29, 0.717) is 16.9 Å². The molecule has 0 fully saturated rings. The van der Waals surface area contributed by atoms with E-state index in [0.717, 1.165) is 5.56 Å². The van der Waals surface area contributed by atoms with Crippen molar-refractivity contribution in [1.29, 1.82) is 5.26 Å². The lowest BCUT2D eigenvalue weighted by Gasteiger charge is -2.10. The van der Waals surface area contributed by atoms with E-state index in [4.69, 9.17) is 15.1 Å². The van der Waals surface area contributed by atoms with Crippen LogP contribution in [0.3, 0.4) is 0 Å². The molecule has 0 saturated carbocycles. The number of carboxylic acids is 1. The van der Waals surface area contributed by atoms with E-state index in [1.165, 1.54) is 0 Å². The molecule has 19 heavy (non-hydrogen) atoms. The Bertz CT molecular complexity index is 630. The van der Waals surface area contributed by atoms with Crippen LogP contribution in [0.4, 0.5) is 0 Å². The van der Waals surface area contributed by atoms with E-state index in [1.54, 1.807) is 18.2 Å². The van der Waals surface area contributed by atoms with Gasteiger partial charge in [-0.05, 0) is 23.8 Å². The van der Waals surface area contributed by atoms with Crippen LogP contribution in [0.25, 0.3) is 11.1 Å². The molecule has 0 aliphatic carbocycles. The minimum absolute atomic E-state index is 0.411. The first-order valence-corrected chi connectivity index (χ1v) is 5.65. The van der Waals surface area contributed by atoms with Crippen LogP contribution in [0.15, 0.2) is 48.5 Å². The Kier molecular flexibility index (Phi) is 3.79. The van der Waals surface area contributed by atoms with Gasteiger partial charge < -0.3 is 9.84 Å². The summed E-state index contributed by atoms with van der Waals surface area (Å²) in [7, 11) is 0. The van der Waals surface area contributed by atoms with Crippen molar-refractivity contribution in [2.75, 3.05) is 6.61 Å². The summed E-state index contributed by atoms with van der Waals surface area (Å²) < 4.78 is 5.24. The van der Waals surface area contributed by atoms with Gasteiger partial charge in [0.15, 0.2) is 6.61 Å². The van der Waals surface area contributed by atoms with Gasteiger partial charge in [0, 0.05) is 5.56 Å². The number of ether oxygens (including phenoxy) is 1. The predicted octanol–water partition coefficient (Wildman–Crippen LogP) is 2.69. The van der Waals surface area contributed by atoms with Gasteiger partial charge in [-0.25, -0.2) is 4.79 Å². The van der Waals surface area contributed by atoms with Crippen molar-refractivity contribution < 1.29 is 14.6 Å². The van der Waals surface area contributed by atoms with Gasteiger partial charge in [0.2, 0.25) is 0 Å². The van der Waals surface area contributed by atoms with Crippen molar-refractivity contribution in [2.24, 2.45) is 0 Å². The normalized spacial score (nSPS) is 9.63. The maximum atomic E-state index is 10.6. The molecule has 0 atom stereocenters. The molecule has 2 aromatic rings. The van der Waals surface area contributed by atoms with Crippen LogP contribution in [0.5, 0.6) is 5.75 Å². The van der Waals surface area contributed by atoms with Crippen molar-refractivity contribution in [2.45, 2.75) is 0 Å². The van der Waals surface area contributed by atoms with Gasteiger partial charge in [-0.15, -0.1) is 0 Å². The summed E-state index contributed by atoms with van der Waals surface area (Å²) >= 11 is 0. The van der Waals surface area contributed by atoms with Crippen LogP contribution < -0.4 is 4.74 Å². The standard InChI is InChI=1S/C15H11NO3/c16-9-11-6-7-14(19-10-15(17)18)13(8-11)12-4-2-1-3-5-12/h1-8H,10H2,(H,17,18). The third-order valence-electron chi connectivity index (χ3n) is 2.54. The molecule has 0 saturated heterocycles. The Balaban J connectivity index is 2.43. The first-order valence-electron chi connectivity index (χ1n) is 5.65. The third kappa shape index (κ3) is 3.11. The average Bonchev–Trinajstić information content (AvgIpc) is 2.46. The highest BCUT2D eigenvalue weighted by molar-refractivity contribution is 5.73. The Hall–Kier alpha value is -2.80. The molecule has 0 amide bonds. The van der Waals surface area contributed by atoms with Crippen molar-refractivity contribution in [3.05, 3.63) is 54.1 Å². The van der Waals surface area contributed by atoms with Crippen molar-refractivity contribution in [3.8, 4) is 22.9 Å². The van der Waals surface area contributed by atoms with E-state index in [9.17, 15) is 4.79 Å². The van der Waals surface area contributed by atoms with E-state index in [-0.39, 0.29) is 0 Å². The summed E-state index contributed by atoms with van der Waals surface area (Å²) in [4.78, 5) is 10.6. The van der Waals surface area contributed by atoms with Crippen LogP contribution >= 0.6 is 0 Å². The second-order valence-electron chi connectivity index (χ2n) is 3.87. The van der Waals surface area contributed by atoms with Gasteiger partial charge in [0.05, 0.1) is 11.6 Å². The summed E-state index contributed by atoms with van der Waals surface area (Å²) in [5.41, 5.74) is 2.09. The van der Waals surface area contributed by atoms with Crippen molar-refractivity contribution in [3.63, 3.8) is 0 Å². The molecule has 2 rings (SSSR count). The predicted molar refractivity (Wildman–Crippen MR) is 69.7 cm³/mol. The van der Waals surface area contributed by atoms with E-state index in [2.05, 4.69) is 6.07 Å². The molecule has 0 aliphatic heterocycles. The molecule has 0 bridgehead atoms. The molecule has 1 N–H and O–H groups in total. The maximum Gasteiger partial charge on any atom is 0.341 e. The number of nitriles is 1. The first kappa shape index (κ1) is 12.7. The number of benzene rings is 2. The van der Waals surface area contributed by atoms with Crippen LogP contribution in [-0.4, -0.2) is 17.7 Å². The van der Waals surface area contributed by atoms with E-state index < -0.39 is 12.6 Å². The Morgan fingerprint density at radius 3 is 2.58 bits per heavy atom.